The van der Waals surface area contributed by atoms with Gasteiger partial charge >= 0.3 is 6.18 Å². The summed E-state index contributed by atoms with van der Waals surface area (Å²) in [6.07, 6.45) is -7.50. The molecule has 1 saturated heterocycles. The van der Waals surface area contributed by atoms with Gasteiger partial charge in [0.05, 0.1) is 18.8 Å². The Kier molecular flexibility index (Phi) is 6.50. The number of hydrogen-bond acceptors (Lipinski definition) is 4. The van der Waals surface area contributed by atoms with Crippen molar-refractivity contribution in [1.82, 2.24) is 4.90 Å². The highest BCUT2D eigenvalue weighted by Crippen LogP contribution is 2.36. The second-order valence-corrected chi connectivity index (χ2v) is 8.02. The van der Waals surface area contributed by atoms with Gasteiger partial charge in [-0.25, -0.2) is 4.39 Å². The van der Waals surface area contributed by atoms with Gasteiger partial charge in [0.1, 0.15) is 24.6 Å². The normalized spacial score (nSPS) is 26.0. The molecule has 32 heavy (non-hydrogen) atoms. The molecule has 1 fully saturated rings. The van der Waals surface area contributed by atoms with E-state index >= 15 is 0 Å². The van der Waals surface area contributed by atoms with Crippen LogP contribution in [0.1, 0.15) is 29.2 Å². The number of halogens is 4. The van der Waals surface area contributed by atoms with E-state index in [1.54, 1.807) is 17.0 Å². The first-order chi connectivity index (χ1) is 15.2. The molecule has 0 bridgehead atoms. The Hall–Kier alpha value is -2.49. The fourth-order valence-electron chi connectivity index (χ4n) is 4.29. The average molecular weight is 453 g/mol. The van der Waals surface area contributed by atoms with Gasteiger partial charge in [-0.15, -0.1) is 0 Å². The highest BCUT2D eigenvalue weighted by atomic mass is 19.4. The molecular formula is C23H23F4NO4. The van der Waals surface area contributed by atoms with E-state index in [1.165, 1.54) is 12.1 Å². The summed E-state index contributed by atoms with van der Waals surface area (Å²) in [4.78, 5) is 15.0. The molecule has 2 aromatic rings. The molecule has 0 unspecified atom stereocenters. The third-order valence-electron chi connectivity index (χ3n) is 5.84. The maximum Gasteiger partial charge on any atom is 0.411 e. The molecule has 0 aromatic heterocycles. The summed E-state index contributed by atoms with van der Waals surface area (Å²) in [5, 5.41) is 10.3. The average Bonchev–Trinajstić information content (AvgIpc) is 2.77. The fourth-order valence-corrected chi connectivity index (χ4v) is 4.29. The quantitative estimate of drug-likeness (QED) is 0.722. The van der Waals surface area contributed by atoms with Gasteiger partial charge in [-0.1, -0.05) is 36.4 Å². The number of ether oxygens (including phenoxy) is 2. The molecule has 4 rings (SSSR count). The number of hydrogen-bond donors (Lipinski definition) is 1. The molecule has 0 radical (unpaired) electrons. The minimum atomic E-state index is -4.52. The predicted molar refractivity (Wildman–Crippen MR) is 106 cm³/mol. The lowest BCUT2D eigenvalue weighted by Gasteiger charge is -2.41. The molecule has 9 heteroatoms. The second-order valence-electron chi connectivity index (χ2n) is 8.02. The molecule has 2 aliphatic heterocycles. The summed E-state index contributed by atoms with van der Waals surface area (Å²) >= 11 is 0. The van der Waals surface area contributed by atoms with E-state index in [-0.39, 0.29) is 24.8 Å². The lowest BCUT2D eigenvalue weighted by atomic mass is 9.87. The second kappa shape index (κ2) is 9.17. The van der Waals surface area contributed by atoms with Crippen LogP contribution in [0.2, 0.25) is 0 Å². The molecule has 0 spiro atoms. The number of amides is 1. The molecule has 1 N–H and O–H groups in total. The van der Waals surface area contributed by atoms with Crippen molar-refractivity contribution in [3.63, 3.8) is 0 Å². The van der Waals surface area contributed by atoms with Crippen LogP contribution < -0.4 is 0 Å². The highest BCUT2D eigenvalue weighted by Gasteiger charge is 2.41. The molecule has 5 nitrogen and oxygen atoms in total. The van der Waals surface area contributed by atoms with Crippen molar-refractivity contribution in [1.29, 1.82) is 0 Å². The third-order valence-corrected chi connectivity index (χ3v) is 5.84. The first-order valence-corrected chi connectivity index (χ1v) is 10.3. The number of aliphatic hydroxyl groups is 1. The first kappa shape index (κ1) is 22.7. The lowest BCUT2D eigenvalue weighted by Crippen LogP contribution is -2.52. The minimum absolute atomic E-state index is 0.171. The van der Waals surface area contributed by atoms with Crippen LogP contribution in [0.3, 0.4) is 0 Å². The van der Waals surface area contributed by atoms with Crippen LogP contribution in [0.15, 0.2) is 48.5 Å². The Bertz CT molecular complexity index is 950. The Morgan fingerprint density at radius 1 is 1.16 bits per heavy atom. The van der Waals surface area contributed by atoms with Gasteiger partial charge in [-0.05, 0) is 35.2 Å². The molecule has 1 amide bonds. The number of benzene rings is 2. The van der Waals surface area contributed by atoms with Crippen molar-refractivity contribution in [3.8, 4) is 0 Å². The number of nitrogens with zero attached hydrogens (tertiary/aromatic N) is 1. The van der Waals surface area contributed by atoms with Crippen LogP contribution in [0.25, 0.3) is 0 Å². The van der Waals surface area contributed by atoms with Crippen molar-refractivity contribution in [2.45, 2.75) is 43.4 Å². The van der Waals surface area contributed by atoms with E-state index in [2.05, 4.69) is 0 Å². The zero-order chi connectivity index (χ0) is 22.9. The van der Waals surface area contributed by atoms with E-state index in [1.807, 2.05) is 24.3 Å². The van der Waals surface area contributed by atoms with Crippen LogP contribution in [0, 0.1) is 5.82 Å². The first-order valence-electron chi connectivity index (χ1n) is 10.3. The summed E-state index contributed by atoms with van der Waals surface area (Å²) in [6, 6.07) is 13.1. The Morgan fingerprint density at radius 3 is 2.56 bits per heavy atom. The molecule has 4 atom stereocenters. The summed E-state index contributed by atoms with van der Waals surface area (Å²) < 4.78 is 61.0. The van der Waals surface area contributed by atoms with Crippen LogP contribution >= 0.6 is 0 Å². The summed E-state index contributed by atoms with van der Waals surface area (Å²) in [5.41, 5.74) is 2.73. The molecular weight excluding hydrogens is 430 g/mol. The topological polar surface area (TPSA) is 59.0 Å². The Morgan fingerprint density at radius 2 is 1.88 bits per heavy atom. The summed E-state index contributed by atoms with van der Waals surface area (Å²) in [5.74, 6) is -0.762. The lowest BCUT2D eigenvalue weighted by molar-refractivity contribution is -0.218. The fraction of sp³-hybridized carbons (Fsp3) is 0.435. The SMILES string of the molecule is O=C([C@H]1C[C@H](O)[C@@H](OCC(F)(F)F)CO1)N1CCc2ccccc2[C@@H]1c1ccc(F)cc1. The number of alkyl halides is 3. The Balaban J connectivity index is 1.53. The molecule has 2 aromatic carbocycles. The smallest absolute Gasteiger partial charge is 0.390 e. The van der Waals surface area contributed by atoms with Gasteiger partial charge in [0, 0.05) is 13.0 Å². The molecule has 2 aliphatic rings. The van der Waals surface area contributed by atoms with E-state index < -0.39 is 37.1 Å². The van der Waals surface area contributed by atoms with Crippen molar-refractivity contribution in [2.75, 3.05) is 19.8 Å². The van der Waals surface area contributed by atoms with Crippen LogP contribution in [0.5, 0.6) is 0 Å². The zero-order valence-electron chi connectivity index (χ0n) is 17.1. The molecule has 0 aliphatic carbocycles. The van der Waals surface area contributed by atoms with Crippen molar-refractivity contribution in [2.24, 2.45) is 0 Å². The van der Waals surface area contributed by atoms with E-state index in [9.17, 15) is 27.5 Å². The molecule has 2 heterocycles. The zero-order valence-corrected chi connectivity index (χ0v) is 17.1. The van der Waals surface area contributed by atoms with Crippen molar-refractivity contribution in [3.05, 3.63) is 71.0 Å². The van der Waals surface area contributed by atoms with Gasteiger partial charge in [-0.3, -0.25) is 4.79 Å². The van der Waals surface area contributed by atoms with Crippen molar-refractivity contribution >= 4 is 5.91 Å². The standard InChI is InChI=1S/C23H23F4NO4/c24-16-7-5-15(6-8-16)21-17-4-2-1-3-14(17)9-10-28(21)22(30)19-11-18(29)20(12-31-19)32-13-23(25,26)27/h1-8,18-21,29H,9-13H2/t18-,19+,20-,21-/m0/s1. The van der Waals surface area contributed by atoms with Gasteiger partial charge < -0.3 is 19.5 Å². The summed E-state index contributed by atoms with van der Waals surface area (Å²) in [6.45, 7) is -1.42. The highest BCUT2D eigenvalue weighted by molar-refractivity contribution is 5.82. The van der Waals surface area contributed by atoms with Gasteiger partial charge in [0.25, 0.3) is 5.91 Å². The van der Waals surface area contributed by atoms with Gasteiger partial charge in [0.2, 0.25) is 0 Å². The minimum Gasteiger partial charge on any atom is -0.390 e. The number of aliphatic hydroxyl groups excluding tert-OH is 1. The molecule has 0 saturated carbocycles. The third kappa shape index (κ3) is 4.95. The van der Waals surface area contributed by atoms with E-state index in [0.29, 0.717) is 13.0 Å². The Labute approximate surface area is 182 Å². The van der Waals surface area contributed by atoms with Crippen LogP contribution in [0.4, 0.5) is 17.6 Å². The number of carbonyl (C=O) groups excluding carboxylic acids is 1. The monoisotopic (exact) mass is 453 g/mol. The number of rotatable bonds is 4. The van der Waals surface area contributed by atoms with E-state index in [4.69, 9.17) is 9.47 Å². The van der Waals surface area contributed by atoms with E-state index in [0.717, 1.165) is 16.7 Å². The van der Waals surface area contributed by atoms with Crippen LogP contribution in [-0.4, -0.2) is 60.2 Å². The predicted octanol–water partition coefficient (Wildman–Crippen LogP) is 3.40. The van der Waals surface area contributed by atoms with Crippen molar-refractivity contribution < 1.29 is 36.9 Å². The number of carbonyl (C=O) groups is 1. The maximum absolute atomic E-state index is 13.5. The maximum atomic E-state index is 13.5. The van der Waals surface area contributed by atoms with Gasteiger partial charge in [-0.2, -0.15) is 13.2 Å². The summed E-state index contributed by atoms with van der Waals surface area (Å²) in [7, 11) is 0. The van der Waals surface area contributed by atoms with Crippen LogP contribution in [-0.2, 0) is 20.7 Å². The van der Waals surface area contributed by atoms with Gasteiger partial charge in [0.15, 0.2) is 0 Å². The largest absolute Gasteiger partial charge is 0.411 e. The molecule has 172 valence electrons. The number of fused-ring (bicyclic) bond motifs is 1.